The highest BCUT2D eigenvalue weighted by molar-refractivity contribution is 8.14. The van der Waals surface area contributed by atoms with E-state index in [1.165, 1.54) is 41.9 Å². The van der Waals surface area contributed by atoms with Gasteiger partial charge in [-0.2, -0.15) is 5.10 Å². The summed E-state index contributed by atoms with van der Waals surface area (Å²) in [5.41, 5.74) is 10.5. The minimum atomic E-state index is -4.74. The summed E-state index contributed by atoms with van der Waals surface area (Å²) in [6.45, 7) is 5.32. The van der Waals surface area contributed by atoms with Crippen LogP contribution in [0.1, 0.15) is 42.9 Å². The number of halogens is 3. The number of rotatable bonds is 9. The SMILES string of the molecule is CCC(C)c1ccccc1N1CCS/C1=N/N=C\c1ccc(C(N)=NC=Nc2ccc(OC(F)(F)F)cc2)cc1. The number of aliphatic imine (C=N–C) groups is 2. The average molecular weight is 567 g/mol. The first kappa shape index (κ1) is 28.9. The van der Waals surface area contributed by atoms with E-state index in [9.17, 15) is 13.2 Å². The number of alkyl halides is 3. The summed E-state index contributed by atoms with van der Waals surface area (Å²) in [6.07, 6.45) is -0.743. The van der Waals surface area contributed by atoms with Gasteiger partial charge in [-0.15, -0.1) is 18.3 Å². The fourth-order valence-electron chi connectivity index (χ4n) is 3.93. The van der Waals surface area contributed by atoms with Crippen molar-refractivity contribution in [1.82, 2.24) is 0 Å². The molecular weight excluding hydrogens is 537 g/mol. The molecule has 3 aromatic carbocycles. The molecule has 40 heavy (non-hydrogen) atoms. The van der Waals surface area contributed by atoms with Crippen LogP contribution in [0.3, 0.4) is 0 Å². The summed E-state index contributed by atoms with van der Waals surface area (Å²) >= 11 is 1.69. The average Bonchev–Trinajstić information content (AvgIpc) is 3.41. The van der Waals surface area contributed by atoms with Gasteiger partial charge >= 0.3 is 6.36 Å². The fraction of sp³-hybridized carbons (Fsp3) is 0.241. The van der Waals surface area contributed by atoms with E-state index in [2.05, 4.69) is 67.9 Å². The number of amidine groups is 2. The van der Waals surface area contributed by atoms with Gasteiger partial charge in [-0.3, -0.25) is 0 Å². The number of hydrogen-bond donors (Lipinski definition) is 1. The van der Waals surface area contributed by atoms with Crippen molar-refractivity contribution in [1.29, 1.82) is 0 Å². The maximum absolute atomic E-state index is 12.3. The number of nitrogens with two attached hydrogens (primary N) is 1. The number of para-hydroxylation sites is 1. The number of thioether (sulfide) groups is 1. The summed E-state index contributed by atoms with van der Waals surface area (Å²) < 4.78 is 40.6. The molecule has 7 nitrogen and oxygen atoms in total. The second-order valence-corrected chi connectivity index (χ2v) is 9.98. The predicted octanol–water partition coefficient (Wildman–Crippen LogP) is 7.11. The van der Waals surface area contributed by atoms with Crippen LogP contribution in [0.15, 0.2) is 93.0 Å². The molecule has 1 heterocycles. The van der Waals surface area contributed by atoms with E-state index in [1.807, 2.05) is 24.3 Å². The lowest BCUT2D eigenvalue weighted by molar-refractivity contribution is -0.274. The molecule has 0 bridgehead atoms. The van der Waals surface area contributed by atoms with Gasteiger partial charge < -0.3 is 15.4 Å². The topological polar surface area (TPSA) is 87.9 Å². The molecule has 1 atom stereocenters. The first-order valence-electron chi connectivity index (χ1n) is 12.7. The Balaban J connectivity index is 1.37. The van der Waals surface area contributed by atoms with Gasteiger partial charge in [0.15, 0.2) is 5.17 Å². The highest BCUT2D eigenvalue weighted by Crippen LogP contribution is 2.33. The predicted molar refractivity (Wildman–Crippen MR) is 158 cm³/mol. The molecule has 0 radical (unpaired) electrons. The van der Waals surface area contributed by atoms with Crippen LogP contribution >= 0.6 is 11.8 Å². The van der Waals surface area contributed by atoms with Crippen LogP contribution in [0.5, 0.6) is 5.75 Å². The molecule has 1 saturated heterocycles. The lowest BCUT2D eigenvalue weighted by atomic mass is 9.96. The monoisotopic (exact) mass is 566 g/mol. The summed E-state index contributed by atoms with van der Waals surface area (Å²) in [4.78, 5) is 10.4. The number of nitrogens with zero attached hydrogens (tertiary/aromatic N) is 5. The minimum Gasteiger partial charge on any atom is -0.406 e. The Labute approximate surface area is 235 Å². The zero-order chi connectivity index (χ0) is 28.5. The summed E-state index contributed by atoms with van der Waals surface area (Å²) in [5, 5.41) is 9.70. The number of anilines is 1. The molecule has 1 aliphatic rings. The molecule has 11 heteroatoms. The van der Waals surface area contributed by atoms with Crippen LogP contribution in [0.2, 0.25) is 0 Å². The van der Waals surface area contributed by atoms with Crippen LogP contribution < -0.4 is 15.4 Å². The Morgan fingerprint density at radius 3 is 2.50 bits per heavy atom. The second kappa shape index (κ2) is 13.3. The third-order valence-corrected chi connectivity index (χ3v) is 7.13. The Hall–Kier alpha value is -4.12. The van der Waals surface area contributed by atoms with Crippen LogP contribution in [-0.2, 0) is 0 Å². The van der Waals surface area contributed by atoms with Gasteiger partial charge in [0.1, 0.15) is 17.9 Å². The molecule has 4 rings (SSSR count). The van der Waals surface area contributed by atoms with E-state index in [4.69, 9.17) is 5.73 Å². The molecule has 3 aromatic rings. The number of ether oxygens (including phenoxy) is 1. The van der Waals surface area contributed by atoms with Gasteiger partial charge in [-0.25, -0.2) is 9.98 Å². The van der Waals surface area contributed by atoms with Gasteiger partial charge in [0.2, 0.25) is 0 Å². The summed E-state index contributed by atoms with van der Waals surface area (Å²) in [5.74, 6) is 1.33. The first-order valence-corrected chi connectivity index (χ1v) is 13.6. The van der Waals surface area contributed by atoms with Gasteiger partial charge in [0.05, 0.1) is 11.9 Å². The molecule has 0 amide bonds. The van der Waals surface area contributed by atoms with Crippen molar-refractivity contribution in [2.45, 2.75) is 32.5 Å². The highest BCUT2D eigenvalue weighted by atomic mass is 32.2. The van der Waals surface area contributed by atoms with Gasteiger partial charge in [0.25, 0.3) is 0 Å². The largest absolute Gasteiger partial charge is 0.573 e. The van der Waals surface area contributed by atoms with Gasteiger partial charge in [0, 0.05) is 23.5 Å². The zero-order valence-corrected chi connectivity index (χ0v) is 22.9. The molecule has 0 spiro atoms. The van der Waals surface area contributed by atoms with Crippen molar-refractivity contribution in [2.24, 2.45) is 25.9 Å². The zero-order valence-electron chi connectivity index (χ0n) is 22.0. The third kappa shape index (κ3) is 7.95. The molecule has 1 unspecified atom stereocenters. The summed E-state index contributed by atoms with van der Waals surface area (Å²) in [7, 11) is 0. The second-order valence-electron chi connectivity index (χ2n) is 8.92. The van der Waals surface area contributed by atoms with Gasteiger partial charge in [-0.05, 0) is 53.8 Å². The van der Waals surface area contributed by atoms with E-state index < -0.39 is 6.36 Å². The highest BCUT2D eigenvalue weighted by Gasteiger charge is 2.31. The summed E-state index contributed by atoms with van der Waals surface area (Å²) in [6, 6.07) is 20.9. The fourth-order valence-corrected chi connectivity index (χ4v) is 4.84. The standard InChI is InChI=1S/C29H29F3N6OS/c1-3-20(2)25-6-4-5-7-26(25)38-16-17-40-28(38)37-36-18-21-8-10-22(11-9-21)27(33)35-19-34-23-12-14-24(15-13-23)39-29(30,31)32/h4-15,18-20H,3,16-17H2,1-2H3,(H2,33,34,35)/b36-18-,37-28+. The smallest absolute Gasteiger partial charge is 0.406 e. The molecule has 208 valence electrons. The van der Waals surface area contributed by atoms with Crippen molar-refractivity contribution < 1.29 is 17.9 Å². The minimum absolute atomic E-state index is 0.238. The van der Waals surface area contributed by atoms with Gasteiger partial charge in [-0.1, -0.05) is 68.1 Å². The third-order valence-electron chi connectivity index (χ3n) is 6.18. The van der Waals surface area contributed by atoms with Crippen LogP contribution in [0.4, 0.5) is 24.5 Å². The Morgan fingerprint density at radius 2 is 1.80 bits per heavy atom. The van der Waals surface area contributed by atoms with Crippen molar-refractivity contribution in [3.8, 4) is 5.75 Å². The van der Waals surface area contributed by atoms with Crippen molar-refractivity contribution in [2.75, 3.05) is 17.2 Å². The Kier molecular flexibility index (Phi) is 9.60. The molecular formula is C29H29F3N6OS. The van der Waals surface area contributed by atoms with E-state index >= 15 is 0 Å². The van der Waals surface area contributed by atoms with E-state index in [0.717, 1.165) is 29.4 Å². The maximum atomic E-state index is 12.3. The van der Waals surface area contributed by atoms with Crippen molar-refractivity contribution in [3.05, 3.63) is 89.5 Å². The van der Waals surface area contributed by atoms with Crippen LogP contribution in [0.25, 0.3) is 0 Å². The van der Waals surface area contributed by atoms with Crippen molar-refractivity contribution >= 4 is 46.7 Å². The lowest BCUT2D eigenvalue weighted by Crippen LogP contribution is -2.25. The quantitative estimate of drug-likeness (QED) is 0.170. The first-order chi connectivity index (χ1) is 19.2. The van der Waals surface area contributed by atoms with E-state index in [1.54, 1.807) is 18.0 Å². The molecule has 0 aromatic heterocycles. The number of hydrogen-bond acceptors (Lipinski definition) is 5. The Bertz CT molecular complexity index is 1400. The normalized spacial score (nSPS) is 16.4. The van der Waals surface area contributed by atoms with E-state index in [-0.39, 0.29) is 11.6 Å². The molecule has 0 saturated carbocycles. The van der Waals surface area contributed by atoms with Crippen LogP contribution in [-0.4, -0.2) is 42.2 Å². The van der Waals surface area contributed by atoms with Crippen molar-refractivity contribution in [3.63, 3.8) is 0 Å². The lowest BCUT2D eigenvalue weighted by Gasteiger charge is -2.23. The Morgan fingerprint density at radius 1 is 1.07 bits per heavy atom. The maximum Gasteiger partial charge on any atom is 0.573 e. The molecule has 1 aliphatic heterocycles. The van der Waals surface area contributed by atoms with Crippen LogP contribution in [0, 0.1) is 0 Å². The van der Waals surface area contributed by atoms with E-state index in [0.29, 0.717) is 17.2 Å². The molecule has 0 aliphatic carbocycles. The number of benzene rings is 3. The molecule has 1 fully saturated rings. The molecule has 2 N–H and O–H groups in total.